The highest BCUT2D eigenvalue weighted by atomic mass is 16.5. The summed E-state index contributed by atoms with van der Waals surface area (Å²) in [5.74, 6) is 0.368. The van der Waals surface area contributed by atoms with E-state index >= 15 is 0 Å². The number of hydrogen-bond donors (Lipinski definition) is 1. The molecule has 0 amide bonds. The lowest BCUT2D eigenvalue weighted by Gasteiger charge is -2.29. The van der Waals surface area contributed by atoms with E-state index in [9.17, 15) is 5.26 Å². The molecular weight excluding hydrogens is 238 g/mol. The van der Waals surface area contributed by atoms with Crippen molar-refractivity contribution in [3.63, 3.8) is 0 Å². The Labute approximate surface area is 116 Å². The molecule has 2 fully saturated rings. The van der Waals surface area contributed by atoms with E-state index in [2.05, 4.69) is 18.0 Å². The van der Waals surface area contributed by atoms with E-state index in [-0.39, 0.29) is 0 Å². The number of nitrogens with zero attached hydrogens (tertiary/aromatic N) is 2. The summed E-state index contributed by atoms with van der Waals surface area (Å²) in [7, 11) is 2.15. The van der Waals surface area contributed by atoms with Gasteiger partial charge in [0.25, 0.3) is 0 Å². The van der Waals surface area contributed by atoms with Crippen molar-refractivity contribution in [2.75, 3.05) is 26.7 Å². The molecule has 1 aliphatic carbocycles. The normalized spacial score (nSPS) is 35.5. The van der Waals surface area contributed by atoms with E-state index in [0.29, 0.717) is 12.0 Å². The van der Waals surface area contributed by atoms with E-state index in [4.69, 9.17) is 10.5 Å². The van der Waals surface area contributed by atoms with Gasteiger partial charge in [-0.25, -0.2) is 0 Å². The first-order chi connectivity index (χ1) is 9.14. The van der Waals surface area contributed by atoms with Gasteiger partial charge in [0.15, 0.2) is 0 Å². The average Bonchev–Trinajstić information content (AvgIpc) is 2.80. The number of likely N-dealkylation sites (N-methyl/N-ethyl adjacent to an activating group) is 1. The third-order valence-electron chi connectivity index (χ3n) is 4.73. The van der Waals surface area contributed by atoms with Crippen LogP contribution < -0.4 is 5.73 Å². The molecule has 0 aromatic carbocycles. The van der Waals surface area contributed by atoms with Crippen molar-refractivity contribution in [2.45, 2.75) is 56.6 Å². The van der Waals surface area contributed by atoms with Crippen LogP contribution in [0.3, 0.4) is 0 Å². The van der Waals surface area contributed by atoms with E-state index in [1.54, 1.807) is 0 Å². The van der Waals surface area contributed by atoms with Gasteiger partial charge in [-0.15, -0.1) is 0 Å². The molecule has 2 rings (SSSR count). The maximum absolute atomic E-state index is 9.21. The summed E-state index contributed by atoms with van der Waals surface area (Å²) < 4.78 is 5.76. The van der Waals surface area contributed by atoms with Crippen LogP contribution in [0.2, 0.25) is 0 Å². The Morgan fingerprint density at radius 2 is 2.21 bits per heavy atom. The zero-order valence-electron chi connectivity index (χ0n) is 12.1. The minimum absolute atomic E-state index is 0.368. The van der Waals surface area contributed by atoms with Crippen LogP contribution in [0.4, 0.5) is 0 Å². The van der Waals surface area contributed by atoms with E-state index in [1.165, 1.54) is 19.3 Å². The fraction of sp³-hybridized carbons (Fsp3) is 0.933. The molecule has 0 aromatic heterocycles. The van der Waals surface area contributed by atoms with Crippen LogP contribution in [0.1, 0.15) is 44.9 Å². The summed E-state index contributed by atoms with van der Waals surface area (Å²) in [6.45, 7) is 2.95. The molecular formula is C15H27N3O. The van der Waals surface area contributed by atoms with Crippen molar-refractivity contribution < 1.29 is 4.74 Å². The Kier molecular flexibility index (Phi) is 5.20. The van der Waals surface area contributed by atoms with Gasteiger partial charge in [-0.3, -0.25) is 0 Å². The van der Waals surface area contributed by atoms with Crippen LogP contribution in [0.25, 0.3) is 0 Å². The molecule has 1 saturated carbocycles. The molecule has 3 atom stereocenters. The Morgan fingerprint density at radius 1 is 1.37 bits per heavy atom. The first-order valence-corrected chi connectivity index (χ1v) is 7.64. The van der Waals surface area contributed by atoms with Crippen LogP contribution in [0, 0.1) is 17.2 Å². The fourth-order valence-electron chi connectivity index (χ4n) is 3.42. The molecule has 0 bridgehead atoms. The highest BCUT2D eigenvalue weighted by molar-refractivity contribution is 5.11. The van der Waals surface area contributed by atoms with Crippen molar-refractivity contribution in [1.29, 1.82) is 5.26 Å². The maximum Gasteiger partial charge on any atom is 0.107 e. The number of rotatable bonds is 5. The molecule has 3 unspecified atom stereocenters. The van der Waals surface area contributed by atoms with Crippen LogP contribution in [0.5, 0.6) is 0 Å². The molecule has 1 heterocycles. The highest BCUT2D eigenvalue weighted by Gasteiger charge is 2.39. The molecule has 19 heavy (non-hydrogen) atoms. The van der Waals surface area contributed by atoms with E-state index < -0.39 is 5.54 Å². The second-order valence-electron chi connectivity index (χ2n) is 6.28. The molecule has 108 valence electrons. The Bertz CT molecular complexity index is 322. The summed E-state index contributed by atoms with van der Waals surface area (Å²) in [6.07, 6.45) is 8.20. The van der Waals surface area contributed by atoms with Gasteiger partial charge in [-0.05, 0) is 58.0 Å². The first-order valence-electron chi connectivity index (χ1n) is 7.64. The molecule has 0 spiro atoms. The van der Waals surface area contributed by atoms with Gasteiger partial charge in [-0.1, -0.05) is 6.42 Å². The predicted octanol–water partition coefficient (Wildman–Crippen LogP) is 1.90. The van der Waals surface area contributed by atoms with Crippen molar-refractivity contribution in [3.05, 3.63) is 0 Å². The SMILES string of the molecule is CN(CCC1CCCC1(N)C#N)CC1CCCCO1. The van der Waals surface area contributed by atoms with Gasteiger partial charge < -0.3 is 15.4 Å². The summed E-state index contributed by atoms with van der Waals surface area (Å²) in [6, 6.07) is 2.33. The minimum atomic E-state index is -0.567. The van der Waals surface area contributed by atoms with Gasteiger partial charge in [0, 0.05) is 13.2 Å². The third kappa shape index (κ3) is 3.92. The van der Waals surface area contributed by atoms with Crippen LogP contribution >= 0.6 is 0 Å². The van der Waals surface area contributed by atoms with Gasteiger partial charge in [0.05, 0.1) is 12.2 Å². The smallest absolute Gasteiger partial charge is 0.107 e. The number of hydrogen-bond acceptors (Lipinski definition) is 4. The standard InChI is InChI=1S/C15H27N3O/c1-18(11-14-6-2-3-10-19-14)9-7-13-5-4-8-15(13,17)12-16/h13-14H,2-11,17H2,1H3. The van der Waals surface area contributed by atoms with Crippen LogP contribution in [-0.4, -0.2) is 43.3 Å². The van der Waals surface area contributed by atoms with Gasteiger partial charge in [-0.2, -0.15) is 5.26 Å². The third-order valence-corrected chi connectivity index (χ3v) is 4.73. The summed E-state index contributed by atoms with van der Waals surface area (Å²) >= 11 is 0. The molecule has 0 aromatic rings. The Morgan fingerprint density at radius 3 is 2.89 bits per heavy atom. The van der Waals surface area contributed by atoms with Crippen molar-refractivity contribution >= 4 is 0 Å². The zero-order valence-corrected chi connectivity index (χ0v) is 12.1. The first kappa shape index (κ1) is 14.8. The maximum atomic E-state index is 9.21. The quantitative estimate of drug-likeness (QED) is 0.824. The molecule has 1 aliphatic heterocycles. The second-order valence-corrected chi connectivity index (χ2v) is 6.28. The van der Waals surface area contributed by atoms with E-state index in [1.807, 2.05) is 0 Å². The highest BCUT2D eigenvalue weighted by Crippen LogP contribution is 2.35. The minimum Gasteiger partial charge on any atom is -0.377 e. The molecule has 4 nitrogen and oxygen atoms in total. The Balaban J connectivity index is 1.71. The largest absolute Gasteiger partial charge is 0.377 e. The lowest BCUT2D eigenvalue weighted by molar-refractivity contribution is -0.00223. The Hall–Kier alpha value is -0.630. The van der Waals surface area contributed by atoms with Gasteiger partial charge in [0.1, 0.15) is 5.54 Å². The number of nitriles is 1. The average molecular weight is 265 g/mol. The summed E-state index contributed by atoms with van der Waals surface area (Å²) in [4.78, 5) is 2.34. The molecule has 0 radical (unpaired) electrons. The zero-order chi connectivity index (χ0) is 13.7. The van der Waals surface area contributed by atoms with Crippen molar-refractivity contribution in [2.24, 2.45) is 11.7 Å². The number of nitrogens with two attached hydrogens (primary N) is 1. The van der Waals surface area contributed by atoms with Crippen molar-refractivity contribution in [1.82, 2.24) is 4.90 Å². The van der Waals surface area contributed by atoms with Crippen LogP contribution in [0.15, 0.2) is 0 Å². The van der Waals surface area contributed by atoms with Crippen molar-refractivity contribution in [3.8, 4) is 6.07 Å². The fourth-order valence-corrected chi connectivity index (χ4v) is 3.42. The number of ether oxygens (including phenoxy) is 1. The summed E-state index contributed by atoms with van der Waals surface area (Å²) in [5, 5.41) is 9.21. The second kappa shape index (κ2) is 6.69. The molecule has 2 aliphatic rings. The monoisotopic (exact) mass is 265 g/mol. The predicted molar refractivity (Wildman–Crippen MR) is 75.6 cm³/mol. The molecule has 1 saturated heterocycles. The lowest BCUT2D eigenvalue weighted by atomic mass is 9.87. The summed E-state index contributed by atoms with van der Waals surface area (Å²) in [5.41, 5.74) is 5.60. The van der Waals surface area contributed by atoms with E-state index in [0.717, 1.165) is 45.4 Å². The molecule has 4 heteroatoms. The molecule has 2 N–H and O–H groups in total. The van der Waals surface area contributed by atoms with Gasteiger partial charge >= 0.3 is 0 Å². The van der Waals surface area contributed by atoms with Crippen LogP contribution in [-0.2, 0) is 4.74 Å². The topological polar surface area (TPSA) is 62.3 Å². The van der Waals surface area contributed by atoms with Gasteiger partial charge in [0.2, 0.25) is 0 Å². The lowest BCUT2D eigenvalue weighted by Crippen LogP contribution is -2.43.